The average molecular weight is 977 g/mol. The fraction of sp³-hybridized carbons (Fsp3) is 0.235. The monoisotopic (exact) mass is 976 g/mol. The first kappa shape index (κ1) is 47.7. The second-order valence-corrected chi connectivity index (χ2v) is 20.9. The van der Waals surface area contributed by atoms with Crippen LogP contribution in [0.2, 0.25) is 0 Å². The SMILES string of the molecule is CCC1(O)c2ccccc2CC(C=CC2(O)c3ccccc3CC(C#CC3(O)c4ccccc4CC(=C(C)C4(O)C5=C(CCC=C5)CCc5c(F)cccc54)c4ccc(F)cc43)c3ccccc32)c2ccccc21. The van der Waals surface area contributed by atoms with Crippen molar-refractivity contribution in [3.63, 3.8) is 0 Å². The highest BCUT2D eigenvalue weighted by atomic mass is 19.1. The number of aliphatic hydroxyl groups is 4. The summed E-state index contributed by atoms with van der Waals surface area (Å²) in [4.78, 5) is 0. The summed E-state index contributed by atoms with van der Waals surface area (Å²) in [6.45, 7) is 3.90. The van der Waals surface area contributed by atoms with Gasteiger partial charge >= 0.3 is 0 Å². The van der Waals surface area contributed by atoms with Crippen LogP contribution in [0.25, 0.3) is 5.57 Å². The minimum Gasteiger partial charge on any atom is -0.380 e. The zero-order chi connectivity index (χ0) is 51.0. The van der Waals surface area contributed by atoms with Crippen molar-refractivity contribution in [3.05, 3.63) is 288 Å². The lowest BCUT2D eigenvalue weighted by molar-refractivity contribution is 0.0758. The number of halogens is 2. The molecular weight excluding hydrogens is 919 g/mol. The molecule has 7 aromatic rings. The molecule has 6 atom stereocenters. The van der Waals surface area contributed by atoms with Crippen LogP contribution in [0, 0.1) is 23.5 Å². The van der Waals surface area contributed by atoms with E-state index < -0.39 is 34.1 Å². The van der Waals surface area contributed by atoms with E-state index in [4.69, 9.17) is 0 Å². The van der Waals surface area contributed by atoms with E-state index in [2.05, 4.69) is 36.1 Å². The third-order valence-electron chi connectivity index (χ3n) is 17.1. The van der Waals surface area contributed by atoms with Crippen molar-refractivity contribution >= 4 is 5.57 Å². The molecule has 0 bridgehead atoms. The summed E-state index contributed by atoms with van der Waals surface area (Å²) in [5, 5.41) is 53.0. The molecule has 12 rings (SSSR count). The molecule has 4 N–H and O–H groups in total. The predicted molar refractivity (Wildman–Crippen MR) is 288 cm³/mol. The van der Waals surface area contributed by atoms with Gasteiger partial charge in [-0.2, -0.15) is 0 Å². The fourth-order valence-corrected chi connectivity index (χ4v) is 13.3. The minimum atomic E-state index is -2.04. The standard InChI is InChI=1S/C68H58F2O4/c1-3-65(71)56-23-10-5-18-47(56)39-45(51-21-8-14-27-60(51)65)35-37-66(72)57-24-11-6-19-48(57)40-46(52-22-9-15-28-61(52)66)36-38-67(73)58-25-12-7-20-49(58)41-55(53-34-32-50(69)42-63(53)67)43(2)68(74)59-26-13-4-17-44(59)31-33-54-62(68)29-16-30-64(54)70/h5-16,18-30,32,34-35,37,42,45-46,71-74H,3-4,17,31,33,39-41H2,1-2H3. The predicted octanol–water partition coefficient (Wildman–Crippen LogP) is 13.1. The van der Waals surface area contributed by atoms with Gasteiger partial charge in [-0.1, -0.05) is 182 Å². The molecule has 5 aliphatic carbocycles. The Bertz CT molecular complexity index is 3620. The van der Waals surface area contributed by atoms with Crippen LogP contribution in [0.4, 0.5) is 8.78 Å². The molecule has 7 aromatic carbocycles. The molecule has 6 unspecified atom stereocenters. The van der Waals surface area contributed by atoms with Crippen molar-refractivity contribution in [3.8, 4) is 11.8 Å². The maximum absolute atomic E-state index is 16.0. The summed E-state index contributed by atoms with van der Waals surface area (Å²) in [6.07, 6.45) is 12.5. The summed E-state index contributed by atoms with van der Waals surface area (Å²) in [6, 6.07) is 48.8. The van der Waals surface area contributed by atoms with Crippen LogP contribution in [0.1, 0.15) is 129 Å². The molecule has 368 valence electrons. The lowest BCUT2D eigenvalue weighted by Gasteiger charge is -2.36. The molecular formula is C68H58F2O4. The number of benzene rings is 7. The summed E-state index contributed by atoms with van der Waals surface area (Å²) < 4.78 is 31.9. The lowest BCUT2D eigenvalue weighted by Crippen LogP contribution is -2.32. The molecule has 0 radical (unpaired) electrons. The molecule has 0 fully saturated rings. The van der Waals surface area contributed by atoms with Crippen LogP contribution >= 0.6 is 0 Å². The fourth-order valence-electron chi connectivity index (χ4n) is 13.3. The van der Waals surface area contributed by atoms with Crippen molar-refractivity contribution in [2.45, 2.75) is 99.5 Å². The first-order valence-electron chi connectivity index (χ1n) is 26.1. The van der Waals surface area contributed by atoms with Gasteiger partial charge in [0.2, 0.25) is 0 Å². The Morgan fingerprint density at radius 1 is 0.635 bits per heavy atom. The van der Waals surface area contributed by atoms with Gasteiger partial charge in [0.25, 0.3) is 0 Å². The van der Waals surface area contributed by atoms with Crippen LogP contribution in [0.3, 0.4) is 0 Å². The van der Waals surface area contributed by atoms with E-state index in [0.717, 1.165) is 68.5 Å². The van der Waals surface area contributed by atoms with Crippen LogP contribution in [0.15, 0.2) is 199 Å². The van der Waals surface area contributed by atoms with Crippen LogP contribution < -0.4 is 0 Å². The van der Waals surface area contributed by atoms with Gasteiger partial charge in [-0.25, -0.2) is 8.78 Å². The van der Waals surface area contributed by atoms with Crippen molar-refractivity contribution in [1.29, 1.82) is 0 Å². The van der Waals surface area contributed by atoms with Gasteiger partial charge in [-0.3, -0.25) is 0 Å². The van der Waals surface area contributed by atoms with Crippen LogP contribution in [-0.2, 0) is 48.1 Å². The van der Waals surface area contributed by atoms with Crippen molar-refractivity contribution in [1.82, 2.24) is 0 Å². The third kappa shape index (κ3) is 7.47. The topological polar surface area (TPSA) is 80.9 Å². The van der Waals surface area contributed by atoms with Gasteiger partial charge in [0, 0.05) is 23.0 Å². The Morgan fingerprint density at radius 2 is 1.28 bits per heavy atom. The third-order valence-corrected chi connectivity index (χ3v) is 17.1. The molecule has 0 saturated heterocycles. The maximum atomic E-state index is 16.0. The van der Waals surface area contributed by atoms with Crippen LogP contribution in [-0.4, -0.2) is 20.4 Å². The Kier molecular flexibility index (Phi) is 11.8. The van der Waals surface area contributed by atoms with E-state index in [1.54, 1.807) is 12.1 Å². The second-order valence-electron chi connectivity index (χ2n) is 20.9. The largest absolute Gasteiger partial charge is 0.380 e. The highest BCUT2D eigenvalue weighted by Crippen LogP contribution is 2.52. The number of fused-ring (bicyclic) bond motifs is 7. The Balaban J connectivity index is 1.01. The molecule has 0 spiro atoms. The average Bonchev–Trinajstić information content (AvgIpc) is 3.75. The Hall–Kier alpha value is -7.24. The van der Waals surface area contributed by atoms with Gasteiger partial charge in [0.15, 0.2) is 5.60 Å². The molecule has 5 aliphatic rings. The summed E-state index contributed by atoms with van der Waals surface area (Å²) >= 11 is 0. The number of allylic oxidation sites excluding steroid dienone is 4. The van der Waals surface area contributed by atoms with Crippen molar-refractivity contribution < 1.29 is 29.2 Å². The molecule has 74 heavy (non-hydrogen) atoms. The van der Waals surface area contributed by atoms with Gasteiger partial charge in [-0.15, -0.1) is 0 Å². The quantitative estimate of drug-likeness (QED) is 0.105. The van der Waals surface area contributed by atoms with Crippen molar-refractivity contribution in [2.75, 3.05) is 0 Å². The summed E-state index contributed by atoms with van der Waals surface area (Å²) in [5.41, 5.74) is 6.44. The molecule has 0 amide bonds. The number of rotatable bonds is 4. The highest BCUT2D eigenvalue weighted by molar-refractivity contribution is 5.80. The van der Waals surface area contributed by atoms with Gasteiger partial charge in [0.05, 0.1) is 0 Å². The lowest BCUT2D eigenvalue weighted by atomic mass is 9.73. The summed E-state index contributed by atoms with van der Waals surface area (Å²) in [5.74, 6) is 5.32. The van der Waals surface area contributed by atoms with Crippen molar-refractivity contribution in [2.24, 2.45) is 0 Å². The van der Waals surface area contributed by atoms with Crippen LogP contribution in [0.5, 0.6) is 0 Å². The first-order valence-corrected chi connectivity index (χ1v) is 26.1. The second kappa shape index (κ2) is 18.3. The van der Waals surface area contributed by atoms with E-state index in [1.807, 2.05) is 141 Å². The van der Waals surface area contributed by atoms with E-state index >= 15 is 8.78 Å². The number of hydrogen-bond acceptors (Lipinski definition) is 4. The van der Waals surface area contributed by atoms with E-state index in [1.165, 1.54) is 18.2 Å². The Labute approximate surface area is 432 Å². The highest BCUT2D eigenvalue weighted by Gasteiger charge is 2.46. The molecule has 0 saturated carbocycles. The number of hydrogen-bond donors (Lipinski definition) is 4. The Morgan fingerprint density at radius 3 is 2.05 bits per heavy atom. The van der Waals surface area contributed by atoms with E-state index in [0.29, 0.717) is 71.1 Å². The van der Waals surface area contributed by atoms with E-state index in [-0.39, 0.29) is 23.7 Å². The minimum absolute atomic E-state index is 0.181. The maximum Gasteiger partial charge on any atom is 0.177 e. The zero-order valence-electron chi connectivity index (χ0n) is 41.7. The molecule has 6 heteroatoms. The summed E-state index contributed by atoms with van der Waals surface area (Å²) in [7, 11) is 0. The normalized spacial score (nSPS) is 26.2. The zero-order valence-corrected chi connectivity index (χ0v) is 41.7. The van der Waals surface area contributed by atoms with Gasteiger partial charge in [0.1, 0.15) is 28.4 Å². The molecule has 4 nitrogen and oxygen atoms in total. The van der Waals surface area contributed by atoms with Gasteiger partial charge < -0.3 is 20.4 Å². The molecule has 0 heterocycles. The molecule has 0 aliphatic heterocycles. The van der Waals surface area contributed by atoms with E-state index in [9.17, 15) is 20.4 Å². The molecule has 0 aromatic heterocycles. The first-order chi connectivity index (χ1) is 35.9. The smallest absolute Gasteiger partial charge is 0.177 e. The van der Waals surface area contributed by atoms with Gasteiger partial charge in [-0.05, 0) is 166 Å².